The molecular weight excluding hydrogens is 459 g/mol. The number of aryl methyl sites for hydroxylation is 3. The van der Waals surface area contributed by atoms with Crippen LogP contribution in [0.4, 0.5) is 4.39 Å². The van der Waals surface area contributed by atoms with Crippen LogP contribution in [0.1, 0.15) is 68.6 Å². The monoisotopic (exact) mass is 496 g/mol. The quantitative estimate of drug-likeness (QED) is 0.233. The Morgan fingerprint density at radius 2 is 1.54 bits per heavy atom. The molecule has 4 heteroatoms. The molecule has 0 amide bonds. The molecule has 1 saturated heterocycles. The summed E-state index contributed by atoms with van der Waals surface area (Å²) >= 11 is 5.96. The molecule has 35 heavy (non-hydrogen) atoms. The van der Waals surface area contributed by atoms with Gasteiger partial charge in [-0.15, -0.1) is 0 Å². The van der Waals surface area contributed by atoms with Gasteiger partial charge in [0, 0.05) is 22.7 Å². The van der Waals surface area contributed by atoms with Crippen LogP contribution in [0.25, 0.3) is 10.8 Å². The summed E-state index contributed by atoms with van der Waals surface area (Å²) in [6.45, 7) is 3.86. The second kappa shape index (κ2) is 13.4. The Morgan fingerprint density at radius 1 is 0.800 bits per heavy atom. The van der Waals surface area contributed by atoms with Crippen molar-refractivity contribution in [3.63, 3.8) is 0 Å². The molecule has 0 bridgehead atoms. The Labute approximate surface area is 214 Å². The van der Waals surface area contributed by atoms with Crippen LogP contribution < -0.4 is 0 Å². The average molecular weight is 497 g/mol. The van der Waals surface area contributed by atoms with Crippen molar-refractivity contribution < 1.29 is 13.9 Å². The van der Waals surface area contributed by atoms with E-state index in [-0.39, 0.29) is 12.1 Å². The highest BCUT2D eigenvalue weighted by atomic mass is 35.5. The lowest BCUT2D eigenvalue weighted by atomic mass is 9.98. The maximum atomic E-state index is 15.2. The molecule has 0 N–H and O–H groups in total. The van der Waals surface area contributed by atoms with Crippen LogP contribution in [0, 0.1) is 11.7 Å². The topological polar surface area (TPSA) is 18.5 Å². The average Bonchev–Trinajstić information content (AvgIpc) is 2.88. The lowest BCUT2D eigenvalue weighted by Crippen LogP contribution is -2.32. The smallest absolute Gasteiger partial charge is 0.157 e. The Kier molecular flexibility index (Phi) is 10.00. The molecule has 4 rings (SSSR count). The van der Waals surface area contributed by atoms with Gasteiger partial charge in [-0.3, -0.25) is 0 Å². The number of halogens is 2. The molecular formula is C31H38ClFO2. The Hall–Kier alpha value is -1.94. The van der Waals surface area contributed by atoms with Crippen LogP contribution in [-0.4, -0.2) is 19.5 Å². The number of unbranched alkanes of at least 4 members (excludes halogenated alkanes) is 4. The maximum Gasteiger partial charge on any atom is 0.157 e. The van der Waals surface area contributed by atoms with Crippen LogP contribution >= 0.6 is 11.6 Å². The lowest BCUT2D eigenvalue weighted by molar-refractivity contribution is -0.203. The molecule has 1 fully saturated rings. The van der Waals surface area contributed by atoms with Crippen LogP contribution in [0.15, 0.2) is 54.6 Å². The van der Waals surface area contributed by atoms with Gasteiger partial charge in [-0.1, -0.05) is 93.1 Å². The highest BCUT2D eigenvalue weighted by Gasteiger charge is 2.21. The highest BCUT2D eigenvalue weighted by Crippen LogP contribution is 2.26. The molecule has 1 heterocycles. The molecule has 0 aromatic heterocycles. The van der Waals surface area contributed by atoms with Crippen molar-refractivity contribution in [3.8, 4) is 0 Å². The molecule has 0 saturated carbocycles. The minimum atomic E-state index is -0.131. The van der Waals surface area contributed by atoms with Crippen molar-refractivity contribution in [2.45, 2.75) is 77.4 Å². The first-order valence-corrected chi connectivity index (χ1v) is 13.7. The number of fused-ring (bicyclic) bond motifs is 1. The molecule has 1 aliphatic heterocycles. The van der Waals surface area contributed by atoms with Crippen molar-refractivity contribution in [3.05, 3.63) is 82.1 Å². The van der Waals surface area contributed by atoms with E-state index < -0.39 is 0 Å². The second-order valence-corrected chi connectivity index (χ2v) is 10.4. The zero-order valence-corrected chi connectivity index (χ0v) is 21.7. The maximum absolute atomic E-state index is 15.2. The van der Waals surface area contributed by atoms with Gasteiger partial charge < -0.3 is 9.47 Å². The fourth-order valence-corrected chi connectivity index (χ4v) is 5.03. The predicted octanol–water partition coefficient (Wildman–Crippen LogP) is 8.70. The molecule has 188 valence electrons. The fourth-order valence-electron chi connectivity index (χ4n) is 4.90. The number of rotatable bonds is 12. The van der Waals surface area contributed by atoms with Crippen LogP contribution in [0.5, 0.6) is 0 Å². The van der Waals surface area contributed by atoms with Gasteiger partial charge in [-0.25, -0.2) is 4.39 Å². The molecule has 3 aromatic rings. The molecule has 0 spiro atoms. The SMILES string of the molecule is CCCCCCCC1COC(CCc2ccc3c(F)c(CCc4ccc(Cl)cc4)ccc3c2)OC1. The van der Waals surface area contributed by atoms with E-state index in [9.17, 15) is 0 Å². The van der Waals surface area contributed by atoms with Crippen molar-refractivity contribution in [1.82, 2.24) is 0 Å². The predicted molar refractivity (Wildman–Crippen MR) is 144 cm³/mol. The minimum Gasteiger partial charge on any atom is -0.352 e. The molecule has 0 radical (unpaired) electrons. The number of benzene rings is 3. The van der Waals surface area contributed by atoms with Crippen molar-refractivity contribution in [1.29, 1.82) is 0 Å². The first-order chi connectivity index (χ1) is 17.1. The van der Waals surface area contributed by atoms with Crippen LogP contribution in [-0.2, 0) is 28.7 Å². The molecule has 0 atom stereocenters. The summed E-state index contributed by atoms with van der Waals surface area (Å²) in [5.74, 6) is 0.424. The van der Waals surface area contributed by atoms with Gasteiger partial charge in [0.15, 0.2) is 6.29 Å². The van der Waals surface area contributed by atoms with Crippen LogP contribution in [0.2, 0.25) is 5.02 Å². The summed E-state index contributed by atoms with van der Waals surface area (Å²) in [5.41, 5.74) is 3.11. The summed E-state index contributed by atoms with van der Waals surface area (Å²) in [6.07, 6.45) is 10.8. The van der Waals surface area contributed by atoms with E-state index in [4.69, 9.17) is 21.1 Å². The van der Waals surface area contributed by atoms with E-state index in [1.54, 1.807) is 0 Å². The van der Waals surface area contributed by atoms with E-state index in [1.165, 1.54) is 44.1 Å². The summed E-state index contributed by atoms with van der Waals surface area (Å²) in [7, 11) is 0. The fraction of sp³-hybridized carbons (Fsp3) is 0.484. The lowest BCUT2D eigenvalue weighted by Gasteiger charge is -2.29. The molecule has 2 nitrogen and oxygen atoms in total. The third kappa shape index (κ3) is 7.77. The van der Waals surface area contributed by atoms with E-state index in [2.05, 4.69) is 13.0 Å². The zero-order chi connectivity index (χ0) is 24.5. The van der Waals surface area contributed by atoms with Gasteiger partial charge in [0.05, 0.1) is 13.2 Å². The number of ether oxygens (including phenoxy) is 2. The van der Waals surface area contributed by atoms with E-state index >= 15 is 4.39 Å². The molecule has 3 aromatic carbocycles. The van der Waals surface area contributed by atoms with E-state index in [1.807, 2.05) is 48.5 Å². The molecule has 0 aliphatic carbocycles. The van der Waals surface area contributed by atoms with E-state index in [0.29, 0.717) is 17.7 Å². The molecule has 1 aliphatic rings. The van der Waals surface area contributed by atoms with Gasteiger partial charge in [0.25, 0.3) is 0 Å². The highest BCUT2D eigenvalue weighted by molar-refractivity contribution is 6.30. The number of hydrogen-bond donors (Lipinski definition) is 0. The standard InChI is InChI=1S/C31H38ClFO2/c1-2-3-4-5-6-7-25-21-34-30(35-22-25)19-12-24-11-18-29-27(20-24)15-14-26(31(29)33)13-8-23-9-16-28(32)17-10-23/h9-11,14-18,20,25,30H,2-8,12-13,19,21-22H2,1H3. The van der Waals surface area contributed by atoms with Gasteiger partial charge in [-0.2, -0.15) is 0 Å². The Bertz CT molecular complexity index is 1060. The summed E-state index contributed by atoms with van der Waals surface area (Å²) in [4.78, 5) is 0. The van der Waals surface area contributed by atoms with Gasteiger partial charge in [0.2, 0.25) is 0 Å². The normalized spacial score (nSPS) is 18.3. The third-order valence-corrected chi connectivity index (χ3v) is 7.37. The van der Waals surface area contributed by atoms with Gasteiger partial charge in [-0.05, 0) is 59.9 Å². The summed E-state index contributed by atoms with van der Waals surface area (Å²) < 4.78 is 27.2. The van der Waals surface area contributed by atoms with Crippen LogP contribution in [0.3, 0.4) is 0 Å². The molecule has 0 unspecified atom stereocenters. The van der Waals surface area contributed by atoms with Gasteiger partial charge >= 0.3 is 0 Å². The zero-order valence-electron chi connectivity index (χ0n) is 20.9. The van der Waals surface area contributed by atoms with E-state index in [0.717, 1.165) is 54.0 Å². The second-order valence-electron chi connectivity index (χ2n) is 9.92. The first-order valence-electron chi connectivity index (χ1n) is 13.3. The number of hydrogen-bond acceptors (Lipinski definition) is 2. The van der Waals surface area contributed by atoms with Crippen molar-refractivity contribution >= 4 is 22.4 Å². The minimum absolute atomic E-state index is 0.109. The Balaban J connectivity index is 1.24. The Morgan fingerprint density at radius 3 is 2.31 bits per heavy atom. The summed E-state index contributed by atoms with van der Waals surface area (Å²) in [6, 6.07) is 17.8. The summed E-state index contributed by atoms with van der Waals surface area (Å²) in [5, 5.41) is 2.36. The first kappa shape index (κ1) is 26.1. The van der Waals surface area contributed by atoms with Crippen molar-refractivity contribution in [2.75, 3.05) is 13.2 Å². The largest absolute Gasteiger partial charge is 0.352 e. The third-order valence-electron chi connectivity index (χ3n) is 7.12. The van der Waals surface area contributed by atoms with Gasteiger partial charge in [0.1, 0.15) is 5.82 Å². The van der Waals surface area contributed by atoms with Crippen molar-refractivity contribution in [2.24, 2.45) is 5.92 Å².